The first-order chi connectivity index (χ1) is 13.2. The number of nitrogens with one attached hydrogen (secondary N) is 2. The summed E-state index contributed by atoms with van der Waals surface area (Å²) in [6, 6.07) is 13.0. The van der Waals surface area contributed by atoms with E-state index in [1.54, 1.807) is 12.1 Å². The van der Waals surface area contributed by atoms with E-state index in [-0.39, 0.29) is 12.5 Å². The van der Waals surface area contributed by atoms with Gasteiger partial charge in [-0.1, -0.05) is 18.2 Å². The largest absolute Gasteiger partial charge is 0.465 e. The predicted molar refractivity (Wildman–Crippen MR) is 106 cm³/mol. The van der Waals surface area contributed by atoms with Crippen LogP contribution in [0.3, 0.4) is 0 Å². The van der Waals surface area contributed by atoms with Crippen molar-refractivity contribution in [3.63, 3.8) is 0 Å². The van der Waals surface area contributed by atoms with Crippen LogP contribution in [0.5, 0.6) is 0 Å². The van der Waals surface area contributed by atoms with Gasteiger partial charge in [-0.3, -0.25) is 0 Å². The third-order valence-electron chi connectivity index (χ3n) is 3.97. The third-order valence-corrected chi connectivity index (χ3v) is 3.97. The average Bonchev–Trinajstić information content (AvgIpc) is 3.06. The number of alkyl carbamates (subject to hydrolysis) is 1. The van der Waals surface area contributed by atoms with Gasteiger partial charge >= 0.3 is 12.1 Å². The first-order valence-corrected chi connectivity index (χ1v) is 8.89. The zero-order chi connectivity index (χ0) is 20.3. The molecule has 0 aliphatic carbocycles. The van der Waals surface area contributed by atoms with Gasteiger partial charge in [0.15, 0.2) is 0 Å². The number of fused-ring (bicyclic) bond motifs is 1. The molecule has 7 nitrogen and oxygen atoms in total. The van der Waals surface area contributed by atoms with E-state index in [1.807, 2.05) is 51.1 Å². The monoisotopic (exact) mass is 381 g/mol. The van der Waals surface area contributed by atoms with E-state index < -0.39 is 11.7 Å². The molecule has 0 aliphatic heterocycles. The summed E-state index contributed by atoms with van der Waals surface area (Å²) >= 11 is 0. The summed E-state index contributed by atoms with van der Waals surface area (Å²) in [5.74, 6) is 0.275. The molecule has 1 aromatic heterocycles. The van der Waals surface area contributed by atoms with Crippen molar-refractivity contribution in [3.8, 4) is 11.1 Å². The Bertz CT molecular complexity index is 1000. The summed E-state index contributed by atoms with van der Waals surface area (Å²) in [5, 5.41) is 2.69. The van der Waals surface area contributed by atoms with Crippen LogP contribution in [0.25, 0.3) is 22.2 Å². The molecule has 0 atom stereocenters. The second-order valence-electron chi connectivity index (χ2n) is 7.34. The molecule has 0 unspecified atom stereocenters. The second kappa shape index (κ2) is 7.72. The number of hydrogen-bond donors (Lipinski definition) is 2. The van der Waals surface area contributed by atoms with E-state index >= 15 is 0 Å². The van der Waals surface area contributed by atoms with Crippen molar-refractivity contribution >= 4 is 23.1 Å². The van der Waals surface area contributed by atoms with Crippen LogP contribution in [0.2, 0.25) is 0 Å². The van der Waals surface area contributed by atoms with E-state index in [1.165, 1.54) is 7.11 Å². The summed E-state index contributed by atoms with van der Waals surface area (Å²) in [7, 11) is 1.36. The number of nitrogens with zero attached hydrogens (tertiary/aromatic N) is 1. The molecule has 2 N–H and O–H groups in total. The third kappa shape index (κ3) is 4.68. The molecule has 2 aromatic carbocycles. The minimum atomic E-state index is -0.545. The molecule has 0 fully saturated rings. The number of aromatic nitrogens is 2. The number of H-pyrrole nitrogens is 1. The van der Waals surface area contributed by atoms with Gasteiger partial charge in [0.05, 0.1) is 30.3 Å². The van der Waals surface area contributed by atoms with Crippen LogP contribution in [-0.2, 0) is 16.0 Å². The van der Waals surface area contributed by atoms with Crippen LogP contribution in [0.4, 0.5) is 4.79 Å². The molecule has 28 heavy (non-hydrogen) atoms. The molecule has 146 valence electrons. The highest BCUT2D eigenvalue weighted by molar-refractivity contribution is 5.90. The van der Waals surface area contributed by atoms with Gasteiger partial charge in [-0.15, -0.1) is 0 Å². The molecule has 7 heteroatoms. The zero-order valence-electron chi connectivity index (χ0n) is 16.3. The number of methoxy groups -OCH3 is 1. The highest BCUT2D eigenvalue weighted by Crippen LogP contribution is 2.24. The standard InChI is InChI=1S/C21H23N3O4/c1-21(2,3)28-20(26)22-12-18-23-16-10-9-15(11-17(16)24-18)13-5-7-14(8-6-13)19(25)27-4/h5-11H,12H2,1-4H3,(H,22,26)(H,23,24). The lowest BCUT2D eigenvalue weighted by molar-refractivity contribution is 0.0521. The number of amides is 1. The molecule has 3 aromatic rings. The van der Waals surface area contributed by atoms with E-state index in [4.69, 9.17) is 9.47 Å². The first-order valence-electron chi connectivity index (χ1n) is 8.89. The zero-order valence-corrected chi connectivity index (χ0v) is 16.3. The topological polar surface area (TPSA) is 93.3 Å². The van der Waals surface area contributed by atoms with E-state index in [0.717, 1.165) is 22.2 Å². The minimum Gasteiger partial charge on any atom is -0.465 e. The van der Waals surface area contributed by atoms with Crippen molar-refractivity contribution < 1.29 is 19.1 Å². The Morgan fingerprint density at radius 2 is 1.75 bits per heavy atom. The maximum Gasteiger partial charge on any atom is 0.408 e. The molecule has 0 saturated carbocycles. The fourth-order valence-electron chi connectivity index (χ4n) is 2.71. The molecular formula is C21H23N3O4. The fourth-order valence-corrected chi connectivity index (χ4v) is 2.71. The number of benzene rings is 2. The van der Waals surface area contributed by atoms with Gasteiger partial charge in [0.1, 0.15) is 11.4 Å². The molecule has 3 rings (SSSR count). The average molecular weight is 381 g/mol. The Labute approximate surface area is 163 Å². The first kappa shape index (κ1) is 19.4. The number of carbonyl (C=O) groups is 2. The van der Waals surface area contributed by atoms with Crippen LogP contribution in [0.15, 0.2) is 42.5 Å². The Kier molecular flexibility index (Phi) is 5.35. The number of carbonyl (C=O) groups excluding carboxylic acids is 2. The number of ether oxygens (including phenoxy) is 2. The summed E-state index contributed by atoms with van der Waals surface area (Å²) in [6.45, 7) is 5.68. The maximum absolute atomic E-state index is 11.8. The number of rotatable bonds is 4. The van der Waals surface area contributed by atoms with Crippen molar-refractivity contribution in [2.24, 2.45) is 0 Å². The quantitative estimate of drug-likeness (QED) is 0.665. The number of imidazole rings is 1. The van der Waals surface area contributed by atoms with E-state index in [0.29, 0.717) is 11.4 Å². The van der Waals surface area contributed by atoms with E-state index in [9.17, 15) is 9.59 Å². The lowest BCUT2D eigenvalue weighted by Gasteiger charge is -2.19. The van der Waals surface area contributed by atoms with Crippen LogP contribution < -0.4 is 5.32 Å². The van der Waals surface area contributed by atoms with Gasteiger partial charge in [0.25, 0.3) is 0 Å². The summed E-state index contributed by atoms with van der Waals surface area (Å²) in [5.41, 5.74) is 3.57. The van der Waals surface area contributed by atoms with Gasteiger partial charge in [-0.2, -0.15) is 0 Å². The van der Waals surface area contributed by atoms with Gasteiger partial charge in [-0.25, -0.2) is 14.6 Å². The van der Waals surface area contributed by atoms with Crippen LogP contribution in [0.1, 0.15) is 37.0 Å². The smallest absolute Gasteiger partial charge is 0.408 e. The van der Waals surface area contributed by atoms with Gasteiger partial charge < -0.3 is 19.8 Å². The Hall–Kier alpha value is -3.35. The molecule has 0 saturated heterocycles. The molecule has 0 aliphatic rings. The molecule has 0 spiro atoms. The second-order valence-corrected chi connectivity index (χ2v) is 7.34. The summed E-state index contributed by atoms with van der Waals surface area (Å²) in [4.78, 5) is 31.0. The number of esters is 1. The summed E-state index contributed by atoms with van der Waals surface area (Å²) in [6.07, 6.45) is -0.487. The predicted octanol–water partition coefficient (Wildman–Crippen LogP) is 4.04. The Morgan fingerprint density at radius 3 is 2.39 bits per heavy atom. The van der Waals surface area contributed by atoms with Crippen molar-refractivity contribution in [1.29, 1.82) is 0 Å². The van der Waals surface area contributed by atoms with E-state index in [2.05, 4.69) is 15.3 Å². The Balaban J connectivity index is 1.74. The highest BCUT2D eigenvalue weighted by Gasteiger charge is 2.16. The highest BCUT2D eigenvalue weighted by atomic mass is 16.6. The molecule has 1 heterocycles. The molecule has 1 amide bonds. The SMILES string of the molecule is COC(=O)c1ccc(-c2ccc3nc(CNC(=O)OC(C)(C)C)[nH]c3c2)cc1. The normalized spacial score (nSPS) is 11.3. The van der Waals surface area contributed by atoms with Crippen LogP contribution in [0, 0.1) is 0 Å². The molecule has 0 radical (unpaired) electrons. The molecule has 0 bridgehead atoms. The van der Waals surface area contributed by atoms with Crippen molar-refractivity contribution in [2.75, 3.05) is 7.11 Å². The van der Waals surface area contributed by atoms with Crippen molar-refractivity contribution in [2.45, 2.75) is 32.9 Å². The van der Waals surface area contributed by atoms with Gasteiger partial charge in [-0.05, 0) is 56.2 Å². The number of hydrogen-bond acceptors (Lipinski definition) is 5. The van der Waals surface area contributed by atoms with Gasteiger partial charge in [0, 0.05) is 0 Å². The molecular weight excluding hydrogens is 358 g/mol. The minimum absolute atomic E-state index is 0.243. The number of aromatic amines is 1. The lowest BCUT2D eigenvalue weighted by Crippen LogP contribution is -2.32. The Morgan fingerprint density at radius 1 is 1.07 bits per heavy atom. The van der Waals surface area contributed by atoms with Crippen molar-refractivity contribution in [3.05, 3.63) is 53.9 Å². The van der Waals surface area contributed by atoms with Crippen LogP contribution >= 0.6 is 0 Å². The summed E-state index contributed by atoms with van der Waals surface area (Å²) < 4.78 is 9.94. The fraction of sp³-hybridized carbons (Fsp3) is 0.286. The maximum atomic E-state index is 11.8. The van der Waals surface area contributed by atoms with Gasteiger partial charge in [0.2, 0.25) is 0 Å². The lowest BCUT2D eigenvalue weighted by atomic mass is 10.0. The van der Waals surface area contributed by atoms with Crippen LogP contribution in [-0.4, -0.2) is 34.7 Å². The van der Waals surface area contributed by atoms with Crippen molar-refractivity contribution in [1.82, 2.24) is 15.3 Å².